The number of benzene rings is 1. The molecule has 0 radical (unpaired) electrons. The summed E-state index contributed by atoms with van der Waals surface area (Å²) in [5, 5.41) is 17.8. The Morgan fingerprint density at radius 2 is 2.19 bits per heavy atom. The number of nitrogens with zero attached hydrogens (tertiary/aromatic N) is 4. The number of hydrogen-bond donors (Lipinski definition) is 1. The predicted octanol–water partition coefficient (Wildman–Crippen LogP) is 2.14. The summed E-state index contributed by atoms with van der Waals surface area (Å²) in [5.74, 6) is -1.04. The zero-order valence-electron chi connectivity index (χ0n) is 11.5. The third kappa shape index (κ3) is 2.47. The van der Waals surface area contributed by atoms with Gasteiger partial charge in [0.1, 0.15) is 0 Å². The average Bonchev–Trinajstić information content (AvgIpc) is 2.90. The van der Waals surface area contributed by atoms with Crippen LogP contribution in [0.1, 0.15) is 28.7 Å². The van der Waals surface area contributed by atoms with Crippen molar-refractivity contribution in [3.8, 4) is 0 Å². The van der Waals surface area contributed by atoms with Crippen LogP contribution in [0.3, 0.4) is 0 Å². The topological polar surface area (TPSA) is 80.9 Å². The van der Waals surface area contributed by atoms with Crippen molar-refractivity contribution in [2.24, 2.45) is 0 Å². The second kappa shape index (κ2) is 5.32. The van der Waals surface area contributed by atoms with E-state index in [0.29, 0.717) is 18.7 Å². The number of carboxylic acid groups (broad SMARTS) is 1. The van der Waals surface area contributed by atoms with E-state index in [1.165, 1.54) is 0 Å². The molecule has 0 amide bonds. The number of aromatic carboxylic acids is 1. The summed E-state index contributed by atoms with van der Waals surface area (Å²) in [7, 11) is 0. The molecule has 0 unspecified atom stereocenters. The van der Waals surface area contributed by atoms with E-state index in [4.69, 9.17) is 5.11 Å². The molecule has 0 aliphatic rings. The quantitative estimate of drug-likeness (QED) is 0.792. The van der Waals surface area contributed by atoms with Crippen LogP contribution in [0.5, 0.6) is 0 Å². The van der Waals surface area contributed by atoms with E-state index in [0.717, 1.165) is 16.5 Å². The molecule has 1 N–H and O–H groups in total. The van der Waals surface area contributed by atoms with Crippen molar-refractivity contribution in [1.82, 2.24) is 20.0 Å². The van der Waals surface area contributed by atoms with Gasteiger partial charge in [-0.05, 0) is 30.2 Å². The normalized spacial score (nSPS) is 10.9. The average molecular weight is 282 g/mol. The van der Waals surface area contributed by atoms with E-state index in [1.807, 2.05) is 37.3 Å². The first kappa shape index (κ1) is 13.2. The Morgan fingerprint density at radius 1 is 1.33 bits per heavy atom. The molecule has 6 nitrogen and oxygen atoms in total. The fraction of sp³-hybridized carbons (Fsp3) is 0.200. The summed E-state index contributed by atoms with van der Waals surface area (Å²) in [4.78, 5) is 15.4. The molecule has 1 aromatic carbocycles. The van der Waals surface area contributed by atoms with Crippen LogP contribution in [0.25, 0.3) is 10.9 Å². The van der Waals surface area contributed by atoms with Gasteiger partial charge in [0.15, 0.2) is 5.69 Å². The molecule has 0 aliphatic carbocycles. The monoisotopic (exact) mass is 282 g/mol. The Balaban J connectivity index is 1.96. The second-order valence-corrected chi connectivity index (χ2v) is 4.73. The zero-order chi connectivity index (χ0) is 14.8. The van der Waals surface area contributed by atoms with Crippen LogP contribution in [0.4, 0.5) is 0 Å². The minimum atomic E-state index is -1.04. The van der Waals surface area contributed by atoms with E-state index < -0.39 is 5.97 Å². The molecule has 3 rings (SSSR count). The molecule has 0 saturated carbocycles. The Hall–Kier alpha value is -2.76. The molecular formula is C15H14N4O2. The van der Waals surface area contributed by atoms with Crippen LogP contribution >= 0.6 is 0 Å². The van der Waals surface area contributed by atoms with Crippen LogP contribution in [-0.2, 0) is 13.0 Å². The first-order valence-electron chi connectivity index (χ1n) is 6.68. The minimum Gasteiger partial charge on any atom is -0.476 e. The number of rotatable bonds is 4. The van der Waals surface area contributed by atoms with Crippen LogP contribution in [-0.4, -0.2) is 31.1 Å². The molecule has 2 heterocycles. The number of hydrogen-bond acceptors (Lipinski definition) is 4. The van der Waals surface area contributed by atoms with E-state index in [2.05, 4.69) is 15.3 Å². The molecule has 0 saturated heterocycles. The molecule has 21 heavy (non-hydrogen) atoms. The summed E-state index contributed by atoms with van der Waals surface area (Å²) in [6.45, 7) is 2.39. The maximum atomic E-state index is 11.1. The van der Waals surface area contributed by atoms with Crippen molar-refractivity contribution in [1.29, 1.82) is 0 Å². The van der Waals surface area contributed by atoms with Gasteiger partial charge in [0, 0.05) is 11.6 Å². The van der Waals surface area contributed by atoms with Gasteiger partial charge in [-0.1, -0.05) is 24.3 Å². The lowest BCUT2D eigenvalue weighted by Crippen LogP contribution is -2.08. The summed E-state index contributed by atoms with van der Waals surface area (Å²) < 4.78 is 1.64. The lowest BCUT2D eigenvalue weighted by Gasteiger charge is -2.06. The SMILES string of the molecule is CCc1c(C(=O)O)nnn1Cc1ccc2ncccc2c1. The van der Waals surface area contributed by atoms with Gasteiger partial charge in [-0.25, -0.2) is 9.48 Å². The number of carboxylic acids is 1. The smallest absolute Gasteiger partial charge is 0.358 e. The molecule has 2 aromatic heterocycles. The van der Waals surface area contributed by atoms with Crippen molar-refractivity contribution in [2.75, 3.05) is 0 Å². The third-order valence-electron chi connectivity index (χ3n) is 3.37. The van der Waals surface area contributed by atoms with Crippen LogP contribution < -0.4 is 0 Å². The van der Waals surface area contributed by atoms with Gasteiger partial charge in [-0.15, -0.1) is 5.10 Å². The third-order valence-corrected chi connectivity index (χ3v) is 3.37. The Kier molecular flexibility index (Phi) is 3.35. The fourth-order valence-corrected chi connectivity index (χ4v) is 2.37. The standard InChI is InChI=1S/C15H14N4O2/c1-2-13-14(15(20)21)17-18-19(13)9-10-5-6-12-11(8-10)4-3-7-16-12/h3-8H,2,9H2,1H3,(H,20,21). The van der Waals surface area contributed by atoms with Gasteiger partial charge in [-0.3, -0.25) is 4.98 Å². The van der Waals surface area contributed by atoms with Crippen molar-refractivity contribution >= 4 is 16.9 Å². The van der Waals surface area contributed by atoms with Gasteiger partial charge in [0.25, 0.3) is 0 Å². The molecule has 6 heteroatoms. The van der Waals surface area contributed by atoms with Crippen LogP contribution in [0, 0.1) is 0 Å². The summed E-state index contributed by atoms with van der Waals surface area (Å²) in [6.07, 6.45) is 2.33. The van der Waals surface area contributed by atoms with Crippen LogP contribution in [0.15, 0.2) is 36.5 Å². The van der Waals surface area contributed by atoms with Gasteiger partial charge >= 0.3 is 5.97 Å². The number of carbonyl (C=O) groups is 1. The molecular weight excluding hydrogens is 268 g/mol. The van der Waals surface area contributed by atoms with Crippen LogP contribution in [0.2, 0.25) is 0 Å². The predicted molar refractivity (Wildman–Crippen MR) is 77.2 cm³/mol. The largest absolute Gasteiger partial charge is 0.476 e. The zero-order valence-corrected chi connectivity index (χ0v) is 11.5. The van der Waals surface area contributed by atoms with Gasteiger partial charge in [0.05, 0.1) is 17.8 Å². The van der Waals surface area contributed by atoms with Gasteiger partial charge < -0.3 is 5.11 Å². The van der Waals surface area contributed by atoms with E-state index >= 15 is 0 Å². The van der Waals surface area contributed by atoms with E-state index in [9.17, 15) is 4.79 Å². The highest BCUT2D eigenvalue weighted by Gasteiger charge is 2.17. The molecule has 3 aromatic rings. The van der Waals surface area contributed by atoms with Crippen molar-refractivity contribution in [2.45, 2.75) is 19.9 Å². The molecule has 0 bridgehead atoms. The molecule has 0 atom stereocenters. The Labute approximate surface area is 121 Å². The highest BCUT2D eigenvalue weighted by Crippen LogP contribution is 2.15. The van der Waals surface area contributed by atoms with E-state index in [-0.39, 0.29) is 5.69 Å². The van der Waals surface area contributed by atoms with Crippen molar-refractivity contribution in [3.05, 3.63) is 53.5 Å². The van der Waals surface area contributed by atoms with Gasteiger partial charge in [-0.2, -0.15) is 0 Å². The van der Waals surface area contributed by atoms with E-state index in [1.54, 1.807) is 10.9 Å². The lowest BCUT2D eigenvalue weighted by molar-refractivity contribution is 0.0689. The summed E-state index contributed by atoms with van der Waals surface area (Å²) >= 11 is 0. The number of pyridine rings is 1. The van der Waals surface area contributed by atoms with Crippen molar-refractivity contribution < 1.29 is 9.90 Å². The molecule has 106 valence electrons. The first-order chi connectivity index (χ1) is 10.2. The van der Waals surface area contributed by atoms with Crippen molar-refractivity contribution in [3.63, 3.8) is 0 Å². The lowest BCUT2D eigenvalue weighted by atomic mass is 10.1. The van der Waals surface area contributed by atoms with Gasteiger partial charge in [0.2, 0.25) is 0 Å². The molecule has 0 fully saturated rings. The summed E-state index contributed by atoms with van der Waals surface area (Å²) in [6, 6.07) is 9.84. The highest BCUT2D eigenvalue weighted by molar-refractivity contribution is 5.86. The number of aromatic nitrogens is 4. The second-order valence-electron chi connectivity index (χ2n) is 4.73. The minimum absolute atomic E-state index is 0.0277. The maximum absolute atomic E-state index is 11.1. The fourth-order valence-electron chi connectivity index (χ4n) is 2.37. The highest BCUT2D eigenvalue weighted by atomic mass is 16.4. The Morgan fingerprint density at radius 3 is 2.95 bits per heavy atom. The molecule has 0 aliphatic heterocycles. The molecule has 0 spiro atoms. The number of fused-ring (bicyclic) bond motifs is 1. The first-order valence-corrected chi connectivity index (χ1v) is 6.68. The maximum Gasteiger partial charge on any atom is 0.358 e. The Bertz CT molecular complexity index is 810. The summed E-state index contributed by atoms with van der Waals surface area (Å²) in [5.41, 5.74) is 2.63.